The molecule has 2 aromatic heterocycles. The summed E-state index contributed by atoms with van der Waals surface area (Å²) in [4.78, 5) is 16.5. The molecule has 0 aliphatic rings. The Morgan fingerprint density at radius 3 is 2.62 bits per heavy atom. The second-order valence-corrected chi connectivity index (χ2v) is 9.60. The van der Waals surface area contributed by atoms with Crippen molar-refractivity contribution in [2.75, 3.05) is 6.54 Å². The van der Waals surface area contributed by atoms with Crippen LogP contribution < -0.4 is 5.32 Å². The summed E-state index contributed by atoms with van der Waals surface area (Å²) in [7, 11) is -3.65. The molecule has 26 heavy (non-hydrogen) atoms. The van der Waals surface area contributed by atoms with E-state index in [-0.39, 0.29) is 16.7 Å². The maximum Gasteiger partial charge on any atom is 0.252 e. The summed E-state index contributed by atoms with van der Waals surface area (Å²) >= 11 is 4.49. The Labute approximate surface area is 164 Å². The first-order valence-electron chi connectivity index (χ1n) is 7.70. The third-order valence-corrected chi connectivity index (χ3v) is 8.00. The third-order valence-electron chi connectivity index (χ3n) is 3.77. The molecule has 0 saturated carbocycles. The van der Waals surface area contributed by atoms with Gasteiger partial charge in [0.1, 0.15) is 9.46 Å². The molecule has 5 nitrogen and oxygen atoms in total. The fraction of sp³-hybridized carbons (Fsp3) is 0.111. The van der Waals surface area contributed by atoms with Crippen LogP contribution in [0.2, 0.25) is 0 Å². The van der Waals surface area contributed by atoms with Gasteiger partial charge in [-0.25, -0.2) is 8.42 Å². The summed E-state index contributed by atoms with van der Waals surface area (Å²) in [6.45, 7) is -0.0495. The number of nitrogens with zero attached hydrogens (tertiary/aromatic N) is 1. The van der Waals surface area contributed by atoms with Gasteiger partial charge in [0.2, 0.25) is 0 Å². The smallest absolute Gasteiger partial charge is 0.252 e. The van der Waals surface area contributed by atoms with Crippen molar-refractivity contribution in [2.45, 2.75) is 9.46 Å². The zero-order valence-electron chi connectivity index (χ0n) is 13.5. The standard InChI is InChI=1S/C18H15BrN2O3S2/c19-15-7-2-1-6-14(15)18(22)21-12-16(13-5-3-9-20-11-13)26(23,24)17-8-4-10-25-17/h1-11,16H,12H2,(H,21,22). The molecule has 1 amide bonds. The van der Waals surface area contributed by atoms with Gasteiger partial charge in [0.25, 0.3) is 5.91 Å². The van der Waals surface area contributed by atoms with Crippen LogP contribution in [0.1, 0.15) is 21.2 Å². The summed E-state index contributed by atoms with van der Waals surface area (Å²) in [6.07, 6.45) is 3.10. The first-order chi connectivity index (χ1) is 12.5. The van der Waals surface area contributed by atoms with Gasteiger partial charge in [-0.05, 0) is 51.1 Å². The Morgan fingerprint density at radius 1 is 1.15 bits per heavy atom. The molecule has 3 aromatic rings. The largest absolute Gasteiger partial charge is 0.350 e. The SMILES string of the molecule is O=C(NCC(c1cccnc1)S(=O)(=O)c1cccs1)c1ccccc1Br. The predicted molar refractivity (Wildman–Crippen MR) is 105 cm³/mol. The lowest BCUT2D eigenvalue weighted by molar-refractivity contribution is 0.0953. The highest BCUT2D eigenvalue weighted by atomic mass is 79.9. The van der Waals surface area contributed by atoms with Gasteiger partial charge in [-0.1, -0.05) is 24.3 Å². The minimum absolute atomic E-state index is 0.0495. The lowest BCUT2D eigenvalue weighted by Crippen LogP contribution is -2.32. The van der Waals surface area contributed by atoms with E-state index >= 15 is 0 Å². The van der Waals surface area contributed by atoms with E-state index in [9.17, 15) is 13.2 Å². The average Bonchev–Trinajstić information content (AvgIpc) is 3.18. The lowest BCUT2D eigenvalue weighted by atomic mass is 10.2. The number of pyridine rings is 1. The molecular weight excluding hydrogens is 436 g/mol. The summed E-state index contributed by atoms with van der Waals surface area (Å²) in [6, 6.07) is 13.6. The number of rotatable bonds is 6. The van der Waals surface area contributed by atoms with Gasteiger partial charge in [-0.2, -0.15) is 0 Å². The van der Waals surface area contributed by atoms with Crippen LogP contribution in [0.3, 0.4) is 0 Å². The van der Waals surface area contributed by atoms with Crippen molar-refractivity contribution >= 4 is 43.0 Å². The van der Waals surface area contributed by atoms with Crippen molar-refractivity contribution in [3.8, 4) is 0 Å². The number of sulfone groups is 1. The minimum Gasteiger partial charge on any atom is -0.350 e. The maximum absolute atomic E-state index is 13.0. The van der Waals surface area contributed by atoms with Crippen LogP contribution in [-0.4, -0.2) is 25.9 Å². The van der Waals surface area contributed by atoms with Gasteiger partial charge >= 0.3 is 0 Å². The number of aromatic nitrogens is 1. The van der Waals surface area contributed by atoms with E-state index in [0.29, 0.717) is 15.6 Å². The van der Waals surface area contributed by atoms with Crippen molar-refractivity contribution in [2.24, 2.45) is 0 Å². The number of nitrogens with one attached hydrogen (secondary N) is 1. The Morgan fingerprint density at radius 2 is 1.96 bits per heavy atom. The second-order valence-electron chi connectivity index (χ2n) is 5.44. The van der Waals surface area contributed by atoms with E-state index in [1.807, 2.05) is 0 Å². The highest BCUT2D eigenvalue weighted by Gasteiger charge is 2.30. The quantitative estimate of drug-likeness (QED) is 0.618. The highest BCUT2D eigenvalue weighted by Crippen LogP contribution is 2.31. The van der Waals surface area contributed by atoms with Gasteiger partial charge in [0.15, 0.2) is 9.84 Å². The van der Waals surface area contributed by atoms with Gasteiger partial charge in [0, 0.05) is 23.4 Å². The van der Waals surface area contributed by atoms with E-state index in [0.717, 1.165) is 11.3 Å². The molecule has 0 fully saturated rings. The van der Waals surface area contributed by atoms with Gasteiger partial charge in [-0.15, -0.1) is 11.3 Å². The van der Waals surface area contributed by atoms with E-state index < -0.39 is 15.1 Å². The molecule has 1 aromatic carbocycles. The molecule has 0 spiro atoms. The molecule has 2 heterocycles. The average molecular weight is 451 g/mol. The number of carbonyl (C=O) groups excluding carboxylic acids is 1. The van der Waals surface area contributed by atoms with Gasteiger partial charge < -0.3 is 5.32 Å². The Bertz CT molecular complexity index is 990. The third kappa shape index (κ3) is 4.03. The molecule has 1 N–H and O–H groups in total. The summed E-state index contributed by atoms with van der Waals surface area (Å²) in [5, 5.41) is 3.53. The topological polar surface area (TPSA) is 76.1 Å². The van der Waals surface area contributed by atoms with Crippen LogP contribution >= 0.6 is 27.3 Å². The molecule has 8 heteroatoms. The van der Waals surface area contributed by atoms with Gasteiger partial charge in [-0.3, -0.25) is 9.78 Å². The predicted octanol–water partition coefficient (Wildman–Crippen LogP) is 3.85. The molecule has 0 aliphatic heterocycles. The number of carbonyl (C=O) groups is 1. The summed E-state index contributed by atoms with van der Waals surface area (Å²) in [5.41, 5.74) is 0.985. The van der Waals surface area contributed by atoms with Crippen molar-refractivity contribution in [3.05, 3.63) is 81.9 Å². The van der Waals surface area contributed by atoms with Crippen LogP contribution in [0, 0.1) is 0 Å². The number of hydrogen-bond donors (Lipinski definition) is 1. The van der Waals surface area contributed by atoms with E-state index in [4.69, 9.17) is 0 Å². The molecule has 1 unspecified atom stereocenters. The number of thiophene rings is 1. The molecule has 134 valence electrons. The van der Waals surface area contributed by atoms with Crippen molar-refractivity contribution < 1.29 is 13.2 Å². The van der Waals surface area contributed by atoms with Crippen LogP contribution in [0.5, 0.6) is 0 Å². The number of halogens is 1. The summed E-state index contributed by atoms with van der Waals surface area (Å²) in [5.74, 6) is -0.340. The minimum atomic E-state index is -3.65. The van der Waals surface area contributed by atoms with E-state index in [1.54, 1.807) is 60.1 Å². The molecule has 0 radical (unpaired) electrons. The molecule has 3 rings (SSSR count). The Hall–Kier alpha value is -2.03. The zero-order valence-corrected chi connectivity index (χ0v) is 16.7. The molecule has 0 aliphatic carbocycles. The number of amides is 1. The first-order valence-corrected chi connectivity index (χ1v) is 10.9. The van der Waals surface area contributed by atoms with E-state index in [2.05, 4.69) is 26.2 Å². The number of benzene rings is 1. The van der Waals surface area contributed by atoms with Crippen LogP contribution in [0.4, 0.5) is 0 Å². The van der Waals surface area contributed by atoms with Crippen LogP contribution in [-0.2, 0) is 9.84 Å². The van der Waals surface area contributed by atoms with Gasteiger partial charge in [0.05, 0.1) is 5.56 Å². The van der Waals surface area contributed by atoms with Crippen molar-refractivity contribution in [3.63, 3.8) is 0 Å². The van der Waals surface area contributed by atoms with Crippen LogP contribution in [0.15, 0.2) is 75.0 Å². The van der Waals surface area contributed by atoms with Crippen LogP contribution in [0.25, 0.3) is 0 Å². The fourth-order valence-electron chi connectivity index (χ4n) is 2.46. The second kappa shape index (κ2) is 8.11. The number of hydrogen-bond acceptors (Lipinski definition) is 5. The lowest BCUT2D eigenvalue weighted by Gasteiger charge is -2.18. The Kier molecular flexibility index (Phi) is 5.85. The first kappa shape index (κ1) is 18.8. The monoisotopic (exact) mass is 450 g/mol. The maximum atomic E-state index is 13.0. The van der Waals surface area contributed by atoms with Crippen molar-refractivity contribution in [1.29, 1.82) is 0 Å². The molecule has 0 saturated heterocycles. The normalized spacial score (nSPS) is 12.5. The molecular formula is C18H15BrN2O3S2. The summed E-state index contributed by atoms with van der Waals surface area (Å²) < 4.78 is 27.0. The van der Waals surface area contributed by atoms with Crippen molar-refractivity contribution in [1.82, 2.24) is 10.3 Å². The van der Waals surface area contributed by atoms with E-state index in [1.165, 1.54) is 6.20 Å². The fourth-order valence-corrected chi connectivity index (χ4v) is 5.78. The Balaban J connectivity index is 1.88. The molecule has 1 atom stereocenters. The zero-order chi connectivity index (χ0) is 18.6. The molecule has 0 bridgehead atoms. The highest BCUT2D eigenvalue weighted by molar-refractivity contribution is 9.10.